The minimum Gasteiger partial charge on any atom is -0.465 e. The molecular formula is C20H23NO2. The minimum absolute atomic E-state index is 0.104. The van der Waals surface area contributed by atoms with Crippen LogP contribution in [0.5, 0.6) is 0 Å². The molecule has 0 amide bonds. The fraction of sp³-hybridized carbons (Fsp3) is 0.350. The van der Waals surface area contributed by atoms with Gasteiger partial charge in [0.1, 0.15) is 5.54 Å². The molecule has 0 bridgehead atoms. The van der Waals surface area contributed by atoms with Crippen LogP contribution in [0, 0.1) is 0 Å². The molecule has 1 saturated carbocycles. The molecule has 1 aliphatic rings. The van der Waals surface area contributed by atoms with Gasteiger partial charge in [0.15, 0.2) is 0 Å². The van der Waals surface area contributed by atoms with E-state index in [9.17, 15) is 4.79 Å². The summed E-state index contributed by atoms with van der Waals surface area (Å²) < 4.78 is 5.21. The van der Waals surface area contributed by atoms with Crippen LogP contribution in [0.1, 0.15) is 31.7 Å². The van der Waals surface area contributed by atoms with Crippen molar-refractivity contribution < 1.29 is 9.53 Å². The molecule has 1 fully saturated rings. The lowest BCUT2D eigenvalue weighted by atomic mass is 9.76. The largest absolute Gasteiger partial charge is 0.465 e. The normalized spacial score (nSPS) is 15.7. The highest BCUT2D eigenvalue weighted by Gasteiger charge is 2.44. The first kappa shape index (κ1) is 15.8. The van der Waals surface area contributed by atoms with Gasteiger partial charge in [-0.3, -0.25) is 10.1 Å². The Hall–Kier alpha value is -2.13. The number of ether oxygens (including phenoxy) is 1. The van der Waals surface area contributed by atoms with Gasteiger partial charge in [-0.1, -0.05) is 54.6 Å². The zero-order valence-corrected chi connectivity index (χ0v) is 13.5. The molecule has 0 aromatic heterocycles. The van der Waals surface area contributed by atoms with Gasteiger partial charge in [0, 0.05) is 6.54 Å². The summed E-state index contributed by atoms with van der Waals surface area (Å²) >= 11 is 0. The second-order valence-corrected chi connectivity index (χ2v) is 6.07. The van der Waals surface area contributed by atoms with Crippen molar-refractivity contribution in [1.82, 2.24) is 5.32 Å². The van der Waals surface area contributed by atoms with Crippen LogP contribution in [-0.2, 0) is 16.1 Å². The fourth-order valence-electron chi connectivity index (χ4n) is 2.97. The molecule has 0 spiro atoms. The zero-order chi connectivity index (χ0) is 16.1. The van der Waals surface area contributed by atoms with Gasteiger partial charge < -0.3 is 4.74 Å². The number of carbonyl (C=O) groups excluding carboxylic acids is 1. The van der Waals surface area contributed by atoms with Crippen molar-refractivity contribution in [1.29, 1.82) is 0 Å². The Morgan fingerprint density at radius 3 is 2.26 bits per heavy atom. The first-order valence-electron chi connectivity index (χ1n) is 8.30. The molecule has 1 aliphatic carbocycles. The summed E-state index contributed by atoms with van der Waals surface area (Å²) in [4.78, 5) is 12.1. The van der Waals surface area contributed by atoms with Gasteiger partial charge in [-0.05, 0) is 42.9 Å². The third-order valence-corrected chi connectivity index (χ3v) is 4.57. The Morgan fingerprint density at radius 2 is 1.70 bits per heavy atom. The number of carbonyl (C=O) groups is 1. The highest BCUT2D eigenvalue weighted by molar-refractivity contribution is 5.82. The van der Waals surface area contributed by atoms with E-state index in [0.29, 0.717) is 13.2 Å². The molecule has 120 valence electrons. The third kappa shape index (κ3) is 3.45. The van der Waals surface area contributed by atoms with Crippen LogP contribution >= 0.6 is 0 Å². The van der Waals surface area contributed by atoms with E-state index in [2.05, 4.69) is 41.7 Å². The van der Waals surface area contributed by atoms with Crippen molar-refractivity contribution >= 4 is 5.97 Å². The van der Waals surface area contributed by atoms with Gasteiger partial charge >= 0.3 is 5.97 Å². The van der Waals surface area contributed by atoms with E-state index in [1.54, 1.807) is 0 Å². The molecule has 3 heteroatoms. The van der Waals surface area contributed by atoms with Gasteiger partial charge in [-0.2, -0.15) is 0 Å². The number of nitrogens with one attached hydrogen (secondary N) is 1. The summed E-state index contributed by atoms with van der Waals surface area (Å²) in [6.45, 7) is 2.98. The SMILES string of the molecule is CCOC(=O)C1(NCc2ccc(-c3ccccc3)cc2)CCC1. The van der Waals surface area contributed by atoms with Gasteiger partial charge in [0.05, 0.1) is 6.61 Å². The molecule has 2 aromatic rings. The number of hydrogen-bond acceptors (Lipinski definition) is 3. The van der Waals surface area contributed by atoms with Crippen molar-refractivity contribution in [3.05, 3.63) is 60.2 Å². The van der Waals surface area contributed by atoms with Crippen LogP contribution < -0.4 is 5.32 Å². The topological polar surface area (TPSA) is 38.3 Å². The predicted molar refractivity (Wildman–Crippen MR) is 91.9 cm³/mol. The van der Waals surface area contributed by atoms with Crippen molar-refractivity contribution in [2.24, 2.45) is 0 Å². The minimum atomic E-state index is -0.464. The Kier molecular flexibility index (Phi) is 4.77. The lowest BCUT2D eigenvalue weighted by molar-refractivity contribution is -0.155. The first-order valence-corrected chi connectivity index (χ1v) is 8.30. The molecule has 3 rings (SSSR count). The highest BCUT2D eigenvalue weighted by atomic mass is 16.5. The highest BCUT2D eigenvalue weighted by Crippen LogP contribution is 2.33. The summed E-state index contributed by atoms with van der Waals surface area (Å²) in [5.41, 5.74) is 3.14. The third-order valence-electron chi connectivity index (χ3n) is 4.57. The van der Waals surface area contributed by atoms with E-state index in [1.807, 2.05) is 25.1 Å². The average molecular weight is 309 g/mol. The average Bonchev–Trinajstić information content (AvgIpc) is 2.55. The number of benzene rings is 2. The van der Waals surface area contributed by atoms with E-state index in [0.717, 1.165) is 19.3 Å². The first-order chi connectivity index (χ1) is 11.2. The standard InChI is InChI=1S/C20H23NO2/c1-2-23-19(22)20(13-6-14-20)21-15-16-9-11-18(12-10-16)17-7-4-3-5-8-17/h3-5,7-12,21H,2,6,13-15H2,1H3. The van der Waals surface area contributed by atoms with Crippen LogP contribution in [0.2, 0.25) is 0 Å². The van der Waals surface area contributed by atoms with Gasteiger partial charge in [0.25, 0.3) is 0 Å². The van der Waals surface area contributed by atoms with Crippen molar-refractivity contribution in [3.8, 4) is 11.1 Å². The molecule has 0 unspecified atom stereocenters. The van der Waals surface area contributed by atoms with E-state index in [-0.39, 0.29) is 5.97 Å². The lowest BCUT2D eigenvalue weighted by Crippen LogP contribution is -2.57. The second-order valence-electron chi connectivity index (χ2n) is 6.07. The Morgan fingerprint density at radius 1 is 1.04 bits per heavy atom. The van der Waals surface area contributed by atoms with E-state index >= 15 is 0 Å². The molecule has 23 heavy (non-hydrogen) atoms. The summed E-state index contributed by atoms with van der Waals surface area (Å²) in [7, 11) is 0. The summed E-state index contributed by atoms with van der Waals surface area (Å²) in [6, 6.07) is 18.8. The summed E-state index contributed by atoms with van der Waals surface area (Å²) in [5, 5.41) is 3.42. The maximum Gasteiger partial charge on any atom is 0.326 e. The molecule has 0 aliphatic heterocycles. The monoisotopic (exact) mass is 309 g/mol. The Bertz CT molecular complexity index is 645. The number of hydrogen-bond donors (Lipinski definition) is 1. The Balaban J connectivity index is 1.63. The quantitative estimate of drug-likeness (QED) is 0.822. The van der Waals surface area contributed by atoms with Crippen LogP contribution in [0.15, 0.2) is 54.6 Å². The molecule has 3 nitrogen and oxygen atoms in total. The zero-order valence-electron chi connectivity index (χ0n) is 13.5. The number of rotatable bonds is 6. The van der Waals surface area contributed by atoms with Crippen LogP contribution in [0.25, 0.3) is 11.1 Å². The van der Waals surface area contributed by atoms with Crippen molar-refractivity contribution in [2.45, 2.75) is 38.3 Å². The molecular weight excluding hydrogens is 286 g/mol. The number of esters is 1. The van der Waals surface area contributed by atoms with Gasteiger partial charge in [0.2, 0.25) is 0 Å². The predicted octanol–water partition coefficient (Wildman–Crippen LogP) is 3.93. The fourth-order valence-corrected chi connectivity index (χ4v) is 2.97. The molecule has 1 N–H and O–H groups in total. The smallest absolute Gasteiger partial charge is 0.326 e. The van der Waals surface area contributed by atoms with E-state index in [1.165, 1.54) is 16.7 Å². The van der Waals surface area contributed by atoms with Crippen molar-refractivity contribution in [3.63, 3.8) is 0 Å². The van der Waals surface area contributed by atoms with Gasteiger partial charge in [-0.15, -0.1) is 0 Å². The second kappa shape index (κ2) is 6.97. The van der Waals surface area contributed by atoms with Gasteiger partial charge in [-0.25, -0.2) is 0 Å². The lowest BCUT2D eigenvalue weighted by Gasteiger charge is -2.40. The molecule has 0 heterocycles. The maximum atomic E-state index is 12.1. The van der Waals surface area contributed by atoms with Crippen LogP contribution in [-0.4, -0.2) is 18.1 Å². The van der Waals surface area contributed by atoms with Crippen molar-refractivity contribution in [2.75, 3.05) is 6.61 Å². The summed E-state index contributed by atoms with van der Waals surface area (Å²) in [5.74, 6) is -0.104. The molecule has 0 radical (unpaired) electrons. The van der Waals surface area contributed by atoms with E-state index in [4.69, 9.17) is 4.74 Å². The van der Waals surface area contributed by atoms with Crippen LogP contribution in [0.4, 0.5) is 0 Å². The molecule has 2 aromatic carbocycles. The Labute approximate surface area is 137 Å². The summed E-state index contributed by atoms with van der Waals surface area (Å²) in [6.07, 6.45) is 2.82. The maximum absolute atomic E-state index is 12.1. The van der Waals surface area contributed by atoms with Crippen LogP contribution in [0.3, 0.4) is 0 Å². The molecule has 0 atom stereocenters. The van der Waals surface area contributed by atoms with E-state index < -0.39 is 5.54 Å². The molecule has 0 saturated heterocycles.